The second kappa shape index (κ2) is 4.79. The number of hydrogen-bond acceptors (Lipinski definition) is 2. The molecular weight excluding hydrogens is 260 g/mol. The topological polar surface area (TPSA) is 32.3 Å². The first kappa shape index (κ1) is 10.8. The molecule has 2 N–H and O–H groups in total. The van der Waals surface area contributed by atoms with E-state index in [4.69, 9.17) is 16.7 Å². The van der Waals surface area contributed by atoms with E-state index in [2.05, 4.69) is 21.2 Å². The zero-order chi connectivity index (χ0) is 9.84. The Bertz CT molecular complexity index is 308. The monoisotopic (exact) mass is 267 g/mol. The van der Waals surface area contributed by atoms with E-state index in [0.717, 1.165) is 0 Å². The molecule has 0 heterocycles. The molecule has 1 rings (SSSR count). The van der Waals surface area contributed by atoms with Crippen molar-refractivity contribution in [1.29, 1.82) is 0 Å². The fourth-order valence-electron chi connectivity index (χ4n) is 0.849. The third-order valence-electron chi connectivity index (χ3n) is 1.44. The van der Waals surface area contributed by atoms with Crippen LogP contribution >= 0.6 is 27.5 Å². The van der Waals surface area contributed by atoms with Gasteiger partial charge in [-0.2, -0.15) is 0 Å². The Morgan fingerprint density at radius 2 is 2.23 bits per heavy atom. The highest BCUT2D eigenvalue weighted by Crippen LogP contribution is 2.28. The molecule has 0 saturated heterocycles. The summed E-state index contributed by atoms with van der Waals surface area (Å²) in [5, 5.41) is 11.7. The number of anilines is 1. The minimum atomic E-state index is -0.403. The molecule has 2 nitrogen and oxygen atoms in total. The highest BCUT2D eigenvalue weighted by atomic mass is 79.9. The second-order valence-corrected chi connectivity index (χ2v) is 3.66. The van der Waals surface area contributed by atoms with Crippen LogP contribution in [0.4, 0.5) is 10.1 Å². The van der Waals surface area contributed by atoms with Gasteiger partial charge in [-0.3, -0.25) is 0 Å². The maximum Gasteiger partial charge on any atom is 0.139 e. The van der Waals surface area contributed by atoms with Crippen molar-refractivity contribution < 1.29 is 9.50 Å². The summed E-state index contributed by atoms with van der Waals surface area (Å²) < 4.78 is 13.2. The van der Waals surface area contributed by atoms with Gasteiger partial charge in [0, 0.05) is 6.54 Å². The van der Waals surface area contributed by atoms with Crippen LogP contribution in [0.2, 0.25) is 5.02 Å². The molecule has 0 spiro atoms. The van der Waals surface area contributed by atoms with Crippen LogP contribution in [0.3, 0.4) is 0 Å². The molecule has 0 aliphatic carbocycles. The van der Waals surface area contributed by atoms with E-state index in [1.165, 1.54) is 12.1 Å². The molecular formula is C8H8BrClFNO. The molecule has 0 saturated carbocycles. The zero-order valence-electron chi connectivity index (χ0n) is 6.65. The molecule has 13 heavy (non-hydrogen) atoms. The average molecular weight is 269 g/mol. The Morgan fingerprint density at radius 3 is 2.85 bits per heavy atom. The van der Waals surface area contributed by atoms with E-state index >= 15 is 0 Å². The van der Waals surface area contributed by atoms with E-state index < -0.39 is 5.82 Å². The summed E-state index contributed by atoms with van der Waals surface area (Å²) in [4.78, 5) is 0. The Hall–Kier alpha value is -0.320. The Balaban J connectivity index is 2.88. The summed E-state index contributed by atoms with van der Waals surface area (Å²) in [5.41, 5.74) is 0.601. The molecule has 0 amide bonds. The van der Waals surface area contributed by atoms with Crippen molar-refractivity contribution in [2.45, 2.75) is 0 Å². The maximum absolute atomic E-state index is 12.9. The van der Waals surface area contributed by atoms with Crippen molar-refractivity contribution in [1.82, 2.24) is 0 Å². The molecule has 0 aliphatic rings. The van der Waals surface area contributed by atoms with Gasteiger partial charge in [0.1, 0.15) is 5.82 Å². The van der Waals surface area contributed by atoms with Gasteiger partial charge in [-0.05, 0) is 28.1 Å². The zero-order valence-corrected chi connectivity index (χ0v) is 8.99. The van der Waals surface area contributed by atoms with Crippen molar-refractivity contribution in [3.05, 3.63) is 27.4 Å². The van der Waals surface area contributed by atoms with Gasteiger partial charge in [0.25, 0.3) is 0 Å². The van der Waals surface area contributed by atoms with Crippen LogP contribution in [-0.4, -0.2) is 18.3 Å². The molecule has 0 atom stereocenters. The quantitative estimate of drug-likeness (QED) is 0.826. The van der Waals surface area contributed by atoms with Crippen molar-refractivity contribution in [2.24, 2.45) is 0 Å². The first-order chi connectivity index (χ1) is 6.15. The lowest BCUT2D eigenvalue weighted by Gasteiger charge is -2.07. The SMILES string of the molecule is OCCNc1cc(Br)c(F)cc1Cl. The van der Waals surface area contributed by atoms with Crippen molar-refractivity contribution in [3.8, 4) is 0 Å². The molecule has 0 aliphatic heterocycles. The third-order valence-corrected chi connectivity index (χ3v) is 2.36. The van der Waals surface area contributed by atoms with E-state index in [1.54, 1.807) is 0 Å². The van der Waals surface area contributed by atoms with Crippen LogP contribution in [0.25, 0.3) is 0 Å². The van der Waals surface area contributed by atoms with Crippen molar-refractivity contribution in [2.75, 3.05) is 18.5 Å². The van der Waals surface area contributed by atoms with Gasteiger partial charge in [-0.1, -0.05) is 11.6 Å². The molecule has 0 radical (unpaired) electrons. The first-order valence-electron chi connectivity index (χ1n) is 3.64. The summed E-state index contributed by atoms with van der Waals surface area (Å²) in [6.45, 7) is 0.392. The molecule has 0 unspecified atom stereocenters. The fourth-order valence-corrected chi connectivity index (χ4v) is 1.41. The minimum Gasteiger partial charge on any atom is -0.395 e. The predicted octanol–water partition coefficient (Wildman–Crippen LogP) is 2.65. The highest BCUT2D eigenvalue weighted by molar-refractivity contribution is 9.10. The molecule has 1 aromatic carbocycles. The number of benzene rings is 1. The van der Waals surface area contributed by atoms with E-state index in [0.29, 0.717) is 21.7 Å². The normalized spacial score (nSPS) is 10.2. The van der Waals surface area contributed by atoms with Gasteiger partial charge in [0.2, 0.25) is 0 Å². The van der Waals surface area contributed by atoms with Crippen LogP contribution < -0.4 is 5.32 Å². The lowest BCUT2D eigenvalue weighted by atomic mass is 10.3. The largest absolute Gasteiger partial charge is 0.395 e. The van der Waals surface area contributed by atoms with E-state index in [9.17, 15) is 4.39 Å². The standard InChI is InChI=1S/C8H8BrClFNO/c9-5-3-8(12-1-2-13)6(10)4-7(5)11/h3-4,12-13H,1-2H2. The predicted molar refractivity (Wildman–Crippen MR) is 54.7 cm³/mol. The van der Waals surface area contributed by atoms with Crippen LogP contribution in [-0.2, 0) is 0 Å². The lowest BCUT2D eigenvalue weighted by molar-refractivity contribution is 0.311. The number of hydrogen-bond donors (Lipinski definition) is 2. The third kappa shape index (κ3) is 2.83. The van der Waals surface area contributed by atoms with Gasteiger partial charge in [-0.25, -0.2) is 4.39 Å². The summed E-state index contributed by atoms with van der Waals surface area (Å²) in [6, 6.07) is 2.75. The Kier molecular flexibility index (Phi) is 3.96. The number of nitrogens with one attached hydrogen (secondary N) is 1. The summed E-state index contributed by atoms with van der Waals surface area (Å²) in [6.07, 6.45) is 0. The van der Waals surface area contributed by atoms with Gasteiger partial charge >= 0.3 is 0 Å². The van der Waals surface area contributed by atoms with Gasteiger partial charge in [0.05, 0.1) is 21.8 Å². The smallest absolute Gasteiger partial charge is 0.139 e. The molecule has 0 aromatic heterocycles. The fraction of sp³-hybridized carbons (Fsp3) is 0.250. The molecule has 5 heteroatoms. The van der Waals surface area contributed by atoms with Crippen LogP contribution in [0.15, 0.2) is 16.6 Å². The van der Waals surface area contributed by atoms with Gasteiger partial charge in [-0.15, -0.1) is 0 Å². The van der Waals surface area contributed by atoms with Crippen LogP contribution in [0, 0.1) is 5.82 Å². The highest BCUT2D eigenvalue weighted by Gasteiger charge is 2.05. The van der Waals surface area contributed by atoms with Crippen molar-refractivity contribution >= 4 is 33.2 Å². The maximum atomic E-state index is 12.9. The number of halogens is 3. The summed E-state index contributed by atoms with van der Waals surface area (Å²) in [5.74, 6) is -0.403. The first-order valence-corrected chi connectivity index (χ1v) is 4.81. The number of aliphatic hydroxyl groups excluding tert-OH is 1. The Morgan fingerprint density at radius 1 is 1.54 bits per heavy atom. The summed E-state index contributed by atoms with van der Waals surface area (Å²) >= 11 is 8.77. The van der Waals surface area contributed by atoms with E-state index in [-0.39, 0.29) is 6.61 Å². The second-order valence-electron chi connectivity index (χ2n) is 2.40. The van der Waals surface area contributed by atoms with Crippen LogP contribution in [0.1, 0.15) is 0 Å². The average Bonchev–Trinajstić information content (AvgIpc) is 2.09. The molecule has 1 aromatic rings. The number of aliphatic hydroxyl groups is 1. The number of rotatable bonds is 3. The summed E-state index contributed by atoms with van der Waals surface area (Å²) in [7, 11) is 0. The lowest BCUT2D eigenvalue weighted by Crippen LogP contribution is -2.05. The molecule has 72 valence electrons. The minimum absolute atomic E-state index is 0.00528. The van der Waals surface area contributed by atoms with Crippen LogP contribution in [0.5, 0.6) is 0 Å². The molecule has 0 fully saturated rings. The van der Waals surface area contributed by atoms with E-state index in [1.807, 2.05) is 0 Å². The Labute approximate surface area is 88.8 Å². The molecule has 0 bridgehead atoms. The van der Waals surface area contributed by atoms with Gasteiger partial charge < -0.3 is 10.4 Å². The van der Waals surface area contributed by atoms with Gasteiger partial charge in [0.15, 0.2) is 0 Å². The van der Waals surface area contributed by atoms with Crippen molar-refractivity contribution in [3.63, 3.8) is 0 Å².